The topological polar surface area (TPSA) is 60.7 Å². The van der Waals surface area contributed by atoms with E-state index < -0.39 is 5.15 Å². The molecular formula is C3H10AuO3P. The van der Waals surface area contributed by atoms with Crippen molar-refractivity contribution in [2.75, 3.05) is 19.0 Å². The Morgan fingerprint density at radius 3 is 1.25 bits per heavy atom. The monoisotopic (exact) mass is 322 g/mol. The van der Waals surface area contributed by atoms with Crippen molar-refractivity contribution in [3.63, 3.8) is 0 Å². The van der Waals surface area contributed by atoms with E-state index in [1.807, 2.05) is 0 Å². The zero-order valence-electron chi connectivity index (χ0n) is 4.26. The SMILES string of the molecule is OC[PH]([Au])(CO)CO. The van der Waals surface area contributed by atoms with Gasteiger partial charge in [0.1, 0.15) is 0 Å². The first-order chi connectivity index (χ1) is 3.68. The second kappa shape index (κ2) is 3.96. The molecule has 0 aromatic rings. The van der Waals surface area contributed by atoms with Gasteiger partial charge < -0.3 is 0 Å². The van der Waals surface area contributed by atoms with E-state index in [4.69, 9.17) is 15.3 Å². The fraction of sp³-hybridized carbons (Fsp3) is 1.00. The van der Waals surface area contributed by atoms with Gasteiger partial charge in [0.05, 0.1) is 0 Å². The Labute approximate surface area is 60.4 Å². The molecular weight excluding hydrogens is 312 g/mol. The maximum atomic E-state index is 8.51. The summed E-state index contributed by atoms with van der Waals surface area (Å²) >= 11 is 2.14. The van der Waals surface area contributed by atoms with Crippen molar-refractivity contribution in [2.24, 2.45) is 0 Å². The van der Waals surface area contributed by atoms with E-state index in [1.165, 1.54) is 0 Å². The molecule has 8 heavy (non-hydrogen) atoms. The summed E-state index contributed by atoms with van der Waals surface area (Å²) in [4.78, 5) is 0. The summed E-state index contributed by atoms with van der Waals surface area (Å²) < 4.78 is 0. The van der Waals surface area contributed by atoms with Crippen LogP contribution in [0.15, 0.2) is 0 Å². The van der Waals surface area contributed by atoms with E-state index in [-0.39, 0.29) is 19.0 Å². The quantitative estimate of drug-likeness (QED) is 0.464. The van der Waals surface area contributed by atoms with Gasteiger partial charge in [0.25, 0.3) is 0 Å². The number of hydrogen-bond donors (Lipinski definition) is 3. The number of hydrogen-bond acceptors (Lipinski definition) is 3. The van der Waals surface area contributed by atoms with Gasteiger partial charge in [-0.25, -0.2) is 0 Å². The summed E-state index contributed by atoms with van der Waals surface area (Å²) in [5, 5.41) is 23.5. The molecule has 0 atom stereocenters. The predicted octanol–water partition coefficient (Wildman–Crippen LogP) is -0.953. The maximum absolute atomic E-state index is 8.51. The Morgan fingerprint density at radius 2 is 1.25 bits per heavy atom. The molecule has 0 radical (unpaired) electrons. The van der Waals surface area contributed by atoms with Crippen molar-refractivity contribution < 1.29 is 35.9 Å². The van der Waals surface area contributed by atoms with Crippen LogP contribution in [0.2, 0.25) is 0 Å². The fourth-order valence-corrected chi connectivity index (χ4v) is 0.450. The van der Waals surface area contributed by atoms with Crippen LogP contribution in [-0.2, 0) is 20.5 Å². The summed E-state index contributed by atoms with van der Waals surface area (Å²) in [7, 11) is 0. The Morgan fingerprint density at radius 1 is 1.00 bits per heavy atom. The molecule has 0 amide bonds. The van der Waals surface area contributed by atoms with Gasteiger partial charge in [-0.3, -0.25) is 0 Å². The molecule has 56 valence electrons. The van der Waals surface area contributed by atoms with Gasteiger partial charge in [-0.1, -0.05) is 0 Å². The Hall–Kier alpha value is 1.05. The van der Waals surface area contributed by atoms with Crippen LogP contribution in [0.1, 0.15) is 0 Å². The predicted molar refractivity (Wildman–Crippen MR) is 29.6 cm³/mol. The van der Waals surface area contributed by atoms with Crippen LogP contribution in [0.25, 0.3) is 0 Å². The van der Waals surface area contributed by atoms with Crippen LogP contribution in [0, 0.1) is 0 Å². The molecule has 0 rings (SSSR count). The average Bonchev–Trinajstić information content (AvgIpc) is 1.87. The summed E-state index contributed by atoms with van der Waals surface area (Å²) in [6.07, 6.45) is -0.199. The van der Waals surface area contributed by atoms with Gasteiger partial charge >= 0.3 is 60.1 Å². The van der Waals surface area contributed by atoms with Crippen molar-refractivity contribution in [2.45, 2.75) is 0 Å². The number of aliphatic hydroxyl groups excluding tert-OH is 3. The van der Waals surface area contributed by atoms with Crippen LogP contribution < -0.4 is 0 Å². The molecule has 0 saturated heterocycles. The summed E-state index contributed by atoms with van der Waals surface area (Å²) in [5.74, 6) is 0. The molecule has 0 aliphatic carbocycles. The fourth-order valence-electron chi connectivity index (χ4n) is 0.150. The molecule has 0 aromatic heterocycles. The van der Waals surface area contributed by atoms with Gasteiger partial charge in [-0.15, -0.1) is 0 Å². The van der Waals surface area contributed by atoms with Crippen molar-refractivity contribution in [1.82, 2.24) is 0 Å². The van der Waals surface area contributed by atoms with E-state index in [9.17, 15) is 0 Å². The van der Waals surface area contributed by atoms with Crippen LogP contribution in [0.4, 0.5) is 0 Å². The van der Waals surface area contributed by atoms with Crippen LogP contribution >= 0.6 is 5.15 Å². The molecule has 0 bridgehead atoms. The Bertz CT molecular complexity index is 57.3. The molecule has 0 aliphatic heterocycles. The minimum atomic E-state index is -2.06. The number of aliphatic hydroxyl groups is 3. The Kier molecular flexibility index (Phi) is 4.48. The first-order valence-corrected chi connectivity index (χ1v) is 7.83. The third kappa shape index (κ3) is 2.56. The van der Waals surface area contributed by atoms with E-state index >= 15 is 0 Å². The van der Waals surface area contributed by atoms with E-state index in [0.717, 1.165) is 0 Å². The zero-order valence-corrected chi connectivity index (χ0v) is 7.43. The van der Waals surface area contributed by atoms with Gasteiger partial charge in [0, 0.05) is 0 Å². The van der Waals surface area contributed by atoms with E-state index in [0.29, 0.717) is 0 Å². The summed E-state index contributed by atoms with van der Waals surface area (Å²) in [6.45, 7) is 0. The molecule has 0 aliphatic rings. The van der Waals surface area contributed by atoms with Crippen LogP contribution in [0.3, 0.4) is 0 Å². The molecule has 5 heteroatoms. The van der Waals surface area contributed by atoms with E-state index in [2.05, 4.69) is 20.5 Å². The summed E-state index contributed by atoms with van der Waals surface area (Å²) in [6, 6.07) is 0. The molecule has 0 unspecified atom stereocenters. The minimum absolute atomic E-state index is 0.0664. The van der Waals surface area contributed by atoms with Gasteiger partial charge in [-0.05, 0) is 0 Å². The average molecular weight is 322 g/mol. The Balaban J connectivity index is 3.58. The standard InChI is InChI=1S/C3H9O3P.Au/c4-1-7(2-5)3-6;/h4-6H,1-3H2;/q;-1/p+1. The first-order valence-electron chi connectivity index (χ1n) is 2.16. The van der Waals surface area contributed by atoms with Crippen molar-refractivity contribution in [3.8, 4) is 0 Å². The van der Waals surface area contributed by atoms with Crippen molar-refractivity contribution >= 4 is 5.15 Å². The van der Waals surface area contributed by atoms with Gasteiger partial charge in [0.2, 0.25) is 0 Å². The van der Waals surface area contributed by atoms with Crippen molar-refractivity contribution in [1.29, 1.82) is 0 Å². The molecule has 0 fully saturated rings. The van der Waals surface area contributed by atoms with Crippen LogP contribution in [-0.4, -0.2) is 34.4 Å². The molecule has 0 spiro atoms. The zero-order chi connectivity index (χ0) is 6.62. The van der Waals surface area contributed by atoms with Crippen molar-refractivity contribution in [3.05, 3.63) is 0 Å². The third-order valence-electron chi connectivity index (χ3n) is 0.814. The normalized spacial score (nSPS) is 14.1. The second-order valence-corrected chi connectivity index (χ2v) is 11.5. The second-order valence-electron chi connectivity index (χ2n) is 1.54. The van der Waals surface area contributed by atoms with E-state index in [1.54, 1.807) is 0 Å². The first kappa shape index (κ1) is 9.05. The third-order valence-corrected chi connectivity index (χ3v) is 5.52. The van der Waals surface area contributed by atoms with Gasteiger partial charge in [0.15, 0.2) is 0 Å². The van der Waals surface area contributed by atoms with Crippen LogP contribution in [0.5, 0.6) is 0 Å². The van der Waals surface area contributed by atoms with Gasteiger partial charge in [-0.2, -0.15) is 0 Å². The molecule has 3 nitrogen and oxygen atoms in total. The molecule has 0 aromatic carbocycles. The molecule has 0 heterocycles. The summed E-state index contributed by atoms with van der Waals surface area (Å²) in [5.41, 5.74) is 0. The molecule has 3 N–H and O–H groups in total. The number of rotatable bonds is 3. The molecule has 0 saturated carbocycles.